The van der Waals surface area contributed by atoms with E-state index in [1.165, 1.54) is 24.2 Å². The van der Waals surface area contributed by atoms with Gasteiger partial charge in [0.15, 0.2) is 17.0 Å². The van der Waals surface area contributed by atoms with Crippen molar-refractivity contribution in [1.82, 2.24) is 24.8 Å². The first-order chi connectivity index (χ1) is 17.0. The van der Waals surface area contributed by atoms with Crippen molar-refractivity contribution >= 4 is 39.9 Å². The molecule has 4 heterocycles. The van der Waals surface area contributed by atoms with Crippen LogP contribution in [-0.2, 0) is 4.74 Å². The van der Waals surface area contributed by atoms with Crippen LogP contribution in [0.5, 0.6) is 0 Å². The minimum absolute atomic E-state index is 0.0756. The standard InChI is InChI=1S/C24H25ClN6O3S/c1-26-23-20(34-23)24-8-13(24)17(18(32)19(24)33)31-10-28-16-21(27-9-11-2-3-11)29-15(30-22(16)31)7-5-12-4-6-14(25)35-12/h4,6,10-11,13,17-20,23,26,32-33H,2-3,8-9H2,1H3,(H,27,29,30)/t13?,17-,18+,19+,20?,23+,24?/m1/s1. The van der Waals surface area contributed by atoms with Gasteiger partial charge >= 0.3 is 0 Å². The largest absolute Gasteiger partial charge is 0.390 e. The Bertz CT molecular complexity index is 1380. The minimum Gasteiger partial charge on any atom is -0.390 e. The van der Waals surface area contributed by atoms with E-state index in [0.29, 0.717) is 33.1 Å². The molecule has 0 spiro atoms. The summed E-state index contributed by atoms with van der Waals surface area (Å²) >= 11 is 7.45. The molecular formula is C24H25ClN6O3S. The monoisotopic (exact) mass is 512 g/mol. The van der Waals surface area contributed by atoms with E-state index in [4.69, 9.17) is 21.3 Å². The number of likely N-dealkylation sites (N-methyl/N-ethyl adjacent to an activating group) is 1. The Morgan fingerprint density at radius 1 is 1.29 bits per heavy atom. The molecule has 3 unspecified atom stereocenters. The van der Waals surface area contributed by atoms with E-state index in [1.54, 1.807) is 6.33 Å². The fourth-order valence-electron chi connectivity index (χ4n) is 5.81. The van der Waals surface area contributed by atoms with E-state index in [1.807, 2.05) is 23.7 Å². The molecule has 3 aliphatic carbocycles. The lowest BCUT2D eigenvalue weighted by atomic mass is 9.95. The Morgan fingerprint density at radius 3 is 2.86 bits per heavy atom. The van der Waals surface area contributed by atoms with Crippen LogP contribution in [0.4, 0.5) is 5.82 Å². The van der Waals surface area contributed by atoms with Crippen molar-refractivity contribution in [3.05, 3.63) is 33.5 Å². The zero-order valence-corrected chi connectivity index (χ0v) is 20.6. The van der Waals surface area contributed by atoms with E-state index < -0.39 is 17.6 Å². The first-order valence-corrected chi connectivity index (χ1v) is 13.1. The molecule has 0 amide bonds. The molecule has 182 valence electrons. The van der Waals surface area contributed by atoms with E-state index in [2.05, 4.69) is 32.4 Å². The average Bonchev–Trinajstić information content (AvgIpc) is 3.78. The fourth-order valence-corrected chi connectivity index (χ4v) is 6.71. The summed E-state index contributed by atoms with van der Waals surface area (Å²) in [5.41, 5.74) is 0.814. The van der Waals surface area contributed by atoms with Crippen LogP contribution in [0.2, 0.25) is 4.34 Å². The van der Waals surface area contributed by atoms with Crippen LogP contribution in [0, 0.1) is 29.1 Å². The Hall–Kier alpha value is -2.26. The van der Waals surface area contributed by atoms with Crippen LogP contribution >= 0.6 is 22.9 Å². The zero-order chi connectivity index (χ0) is 23.9. The molecule has 9 nitrogen and oxygen atoms in total. The number of nitrogens with zero attached hydrogens (tertiary/aromatic N) is 4. The quantitative estimate of drug-likeness (QED) is 0.292. The van der Waals surface area contributed by atoms with Crippen molar-refractivity contribution in [1.29, 1.82) is 0 Å². The molecule has 3 aromatic heterocycles. The van der Waals surface area contributed by atoms with E-state index in [9.17, 15) is 10.2 Å². The summed E-state index contributed by atoms with van der Waals surface area (Å²) in [7, 11) is 1.84. The number of nitrogens with one attached hydrogen (secondary N) is 2. The number of aromatic nitrogens is 4. The molecule has 0 aromatic carbocycles. The van der Waals surface area contributed by atoms with Gasteiger partial charge in [-0.3, -0.25) is 5.32 Å². The van der Waals surface area contributed by atoms with Gasteiger partial charge in [0.2, 0.25) is 5.82 Å². The van der Waals surface area contributed by atoms with Gasteiger partial charge in [0.1, 0.15) is 18.4 Å². The van der Waals surface area contributed by atoms with Gasteiger partial charge in [0.05, 0.1) is 27.7 Å². The number of aliphatic hydroxyl groups excluding tert-OH is 2. The van der Waals surface area contributed by atoms with Gasteiger partial charge < -0.3 is 24.8 Å². The van der Waals surface area contributed by atoms with Gasteiger partial charge in [-0.25, -0.2) is 15.0 Å². The number of epoxide rings is 1. The highest BCUT2D eigenvalue weighted by Gasteiger charge is 2.79. The molecule has 35 heavy (non-hydrogen) atoms. The third kappa shape index (κ3) is 3.49. The molecule has 11 heteroatoms. The predicted molar refractivity (Wildman–Crippen MR) is 131 cm³/mol. The van der Waals surface area contributed by atoms with Crippen molar-refractivity contribution in [2.24, 2.45) is 17.3 Å². The molecule has 0 radical (unpaired) electrons. The number of aliphatic hydroxyl groups is 2. The molecule has 7 atom stereocenters. The van der Waals surface area contributed by atoms with Gasteiger partial charge in [0, 0.05) is 12.0 Å². The predicted octanol–water partition coefficient (Wildman–Crippen LogP) is 1.99. The Morgan fingerprint density at radius 2 is 2.14 bits per heavy atom. The number of hydrogen-bond donors (Lipinski definition) is 4. The number of hydrogen-bond acceptors (Lipinski definition) is 9. The summed E-state index contributed by atoms with van der Waals surface area (Å²) in [4.78, 5) is 14.9. The lowest BCUT2D eigenvalue weighted by Gasteiger charge is -2.23. The molecule has 4 aliphatic rings. The SMILES string of the molecule is CN[C@H]1OC1C12CC1[C@@H](n1cnc3c(NCC4CC4)nc(C#Cc4ccc(Cl)s4)nc31)[C@H](O)[C@@H]2O. The van der Waals surface area contributed by atoms with Crippen molar-refractivity contribution in [2.75, 3.05) is 18.9 Å². The van der Waals surface area contributed by atoms with Crippen LogP contribution in [0.3, 0.4) is 0 Å². The smallest absolute Gasteiger partial charge is 0.209 e. The van der Waals surface area contributed by atoms with Gasteiger partial charge in [0.25, 0.3) is 0 Å². The number of imidazole rings is 1. The molecule has 1 saturated heterocycles. The van der Waals surface area contributed by atoms with Gasteiger partial charge in [-0.05, 0) is 62.1 Å². The summed E-state index contributed by atoms with van der Waals surface area (Å²) in [6, 6.07) is 3.34. The summed E-state index contributed by atoms with van der Waals surface area (Å²) in [6.07, 6.45) is 2.96. The second kappa shape index (κ2) is 7.87. The van der Waals surface area contributed by atoms with Crippen LogP contribution in [0.25, 0.3) is 11.2 Å². The lowest BCUT2D eigenvalue weighted by molar-refractivity contribution is -0.0235. The van der Waals surface area contributed by atoms with E-state index >= 15 is 0 Å². The number of halogens is 1. The van der Waals surface area contributed by atoms with Crippen LogP contribution in [0.1, 0.15) is 36.0 Å². The van der Waals surface area contributed by atoms with Crippen LogP contribution in [-0.4, -0.2) is 67.9 Å². The Balaban J connectivity index is 1.27. The Kier molecular flexibility index (Phi) is 4.94. The van der Waals surface area contributed by atoms with Crippen LogP contribution in [0.15, 0.2) is 18.5 Å². The maximum absolute atomic E-state index is 11.1. The third-order valence-corrected chi connectivity index (χ3v) is 9.06. The van der Waals surface area contributed by atoms with E-state index in [0.717, 1.165) is 17.8 Å². The maximum atomic E-state index is 11.1. The molecule has 3 saturated carbocycles. The highest BCUT2D eigenvalue weighted by atomic mass is 35.5. The maximum Gasteiger partial charge on any atom is 0.209 e. The van der Waals surface area contributed by atoms with E-state index in [-0.39, 0.29) is 24.3 Å². The summed E-state index contributed by atoms with van der Waals surface area (Å²) < 4.78 is 8.35. The fraction of sp³-hybridized carbons (Fsp3) is 0.542. The molecule has 4 N–H and O–H groups in total. The van der Waals surface area contributed by atoms with Crippen molar-refractivity contribution in [2.45, 2.75) is 49.8 Å². The molecule has 7 rings (SSSR count). The number of rotatable bonds is 6. The van der Waals surface area contributed by atoms with Crippen molar-refractivity contribution < 1.29 is 14.9 Å². The Labute approximate surface area is 210 Å². The molecule has 1 aliphatic heterocycles. The zero-order valence-electron chi connectivity index (χ0n) is 19.0. The first kappa shape index (κ1) is 22.0. The van der Waals surface area contributed by atoms with Crippen molar-refractivity contribution in [3.8, 4) is 11.8 Å². The molecule has 4 fully saturated rings. The number of thiophene rings is 1. The summed E-state index contributed by atoms with van der Waals surface area (Å²) in [6.45, 7) is 0.827. The second-order valence-corrected chi connectivity index (χ2v) is 11.7. The normalized spacial score (nSPS) is 35.0. The number of fused-ring (bicyclic) bond motifs is 2. The third-order valence-electron chi connectivity index (χ3n) is 7.91. The number of anilines is 1. The highest BCUT2D eigenvalue weighted by molar-refractivity contribution is 7.16. The summed E-state index contributed by atoms with van der Waals surface area (Å²) in [5.74, 6) is 7.91. The van der Waals surface area contributed by atoms with Gasteiger partial charge in [-0.1, -0.05) is 11.6 Å². The highest BCUT2D eigenvalue weighted by Crippen LogP contribution is 2.72. The first-order valence-electron chi connectivity index (χ1n) is 11.9. The van der Waals surface area contributed by atoms with Crippen molar-refractivity contribution in [3.63, 3.8) is 0 Å². The summed E-state index contributed by atoms with van der Waals surface area (Å²) in [5, 5.41) is 28.7. The van der Waals surface area contributed by atoms with Crippen LogP contribution < -0.4 is 10.6 Å². The van der Waals surface area contributed by atoms with Gasteiger partial charge in [-0.2, -0.15) is 0 Å². The second-order valence-electron chi connectivity index (χ2n) is 10.0. The number of ether oxygens (including phenoxy) is 1. The molecule has 3 aromatic rings. The average molecular weight is 513 g/mol. The minimum atomic E-state index is -0.937. The molecule has 0 bridgehead atoms. The molecular weight excluding hydrogens is 488 g/mol. The topological polar surface area (TPSA) is 121 Å². The van der Waals surface area contributed by atoms with Gasteiger partial charge in [-0.15, -0.1) is 11.3 Å². The lowest BCUT2D eigenvalue weighted by Crippen LogP contribution is -2.37.